The fraction of sp³-hybridized carbons (Fsp3) is 0.562. The summed E-state index contributed by atoms with van der Waals surface area (Å²) < 4.78 is 50.8. The molecule has 2 amide bonds. The molecule has 0 spiro atoms. The third kappa shape index (κ3) is 2.85. The number of urea groups is 1. The maximum absolute atomic E-state index is 13.6. The summed E-state index contributed by atoms with van der Waals surface area (Å²) >= 11 is 0. The highest BCUT2D eigenvalue weighted by molar-refractivity contribution is 5.75. The highest BCUT2D eigenvalue weighted by atomic mass is 19.4. The molecule has 3 rings (SSSR count). The number of nitrogens with zero attached hydrogens (tertiary/aromatic N) is 1. The Labute approximate surface area is 137 Å². The summed E-state index contributed by atoms with van der Waals surface area (Å²) in [6, 6.07) is 4.90. The fourth-order valence-electron chi connectivity index (χ4n) is 3.09. The number of nitrogens with one attached hydrogen (secondary N) is 1. The number of piperidine rings is 1. The van der Waals surface area contributed by atoms with Crippen molar-refractivity contribution in [3.63, 3.8) is 0 Å². The molecule has 132 valence electrons. The lowest BCUT2D eigenvalue weighted by Crippen LogP contribution is -2.67. The predicted octanol–water partition coefficient (Wildman–Crippen LogP) is 3.65. The van der Waals surface area contributed by atoms with Crippen LogP contribution in [0.3, 0.4) is 0 Å². The molecular formula is C16H19F3N2O3. The number of hydrogen-bond acceptors (Lipinski definition) is 3. The highest BCUT2D eigenvalue weighted by Crippen LogP contribution is 2.45. The molecular weight excluding hydrogens is 325 g/mol. The van der Waals surface area contributed by atoms with Gasteiger partial charge in [-0.25, -0.2) is 4.79 Å². The van der Waals surface area contributed by atoms with Crippen LogP contribution >= 0.6 is 0 Å². The topological polar surface area (TPSA) is 50.8 Å². The number of alkyl halides is 3. The Balaban J connectivity index is 1.83. The van der Waals surface area contributed by atoms with Crippen LogP contribution < -0.4 is 14.8 Å². The second-order valence-electron chi connectivity index (χ2n) is 5.95. The first-order valence-corrected chi connectivity index (χ1v) is 7.99. The number of carbonyl (C=O) groups excluding carboxylic acids is 1. The van der Waals surface area contributed by atoms with E-state index >= 15 is 0 Å². The van der Waals surface area contributed by atoms with Crippen molar-refractivity contribution in [2.75, 3.05) is 6.54 Å². The van der Waals surface area contributed by atoms with Gasteiger partial charge in [-0.1, -0.05) is 19.1 Å². The van der Waals surface area contributed by atoms with Gasteiger partial charge in [0.25, 0.3) is 0 Å². The largest absolute Gasteiger partial charge is 0.492 e. The Morgan fingerprint density at radius 3 is 2.46 bits per heavy atom. The number of likely N-dealkylation sites (tertiary alicyclic amines) is 1. The van der Waals surface area contributed by atoms with Gasteiger partial charge in [-0.05, 0) is 37.8 Å². The molecule has 8 heteroatoms. The zero-order valence-electron chi connectivity index (χ0n) is 13.2. The number of amides is 2. The monoisotopic (exact) mass is 344 g/mol. The van der Waals surface area contributed by atoms with Crippen LogP contribution in [-0.4, -0.2) is 35.6 Å². The number of fused-ring (bicyclic) bond motifs is 1. The van der Waals surface area contributed by atoms with Gasteiger partial charge in [0.15, 0.2) is 11.5 Å². The Morgan fingerprint density at radius 2 is 1.92 bits per heavy atom. The first-order chi connectivity index (χ1) is 11.4. The van der Waals surface area contributed by atoms with Gasteiger partial charge in [0.05, 0.1) is 0 Å². The molecule has 0 radical (unpaired) electrons. The zero-order valence-corrected chi connectivity index (χ0v) is 13.2. The normalized spacial score (nSPS) is 22.3. The molecule has 2 heterocycles. The van der Waals surface area contributed by atoms with Crippen LogP contribution in [-0.2, 0) is 0 Å². The Kier molecular flexibility index (Phi) is 4.23. The van der Waals surface area contributed by atoms with Gasteiger partial charge in [-0.3, -0.25) is 5.32 Å². The summed E-state index contributed by atoms with van der Waals surface area (Å²) in [6.07, 6.45) is -1.73. The van der Waals surface area contributed by atoms with Crippen molar-refractivity contribution in [3.05, 3.63) is 24.3 Å². The summed E-state index contributed by atoms with van der Waals surface area (Å²) in [7, 11) is 0. The van der Waals surface area contributed by atoms with Crippen molar-refractivity contribution in [3.8, 4) is 11.5 Å². The van der Waals surface area contributed by atoms with Crippen LogP contribution in [0.2, 0.25) is 0 Å². The summed E-state index contributed by atoms with van der Waals surface area (Å²) in [6.45, 7) is 2.33. The fourth-order valence-corrected chi connectivity index (χ4v) is 3.09. The van der Waals surface area contributed by atoms with Crippen molar-refractivity contribution in [2.24, 2.45) is 0 Å². The summed E-state index contributed by atoms with van der Waals surface area (Å²) in [5.41, 5.74) is 0. The molecule has 1 N–H and O–H groups in total. The second-order valence-corrected chi connectivity index (χ2v) is 5.95. The van der Waals surface area contributed by atoms with Crippen molar-refractivity contribution in [1.82, 2.24) is 10.2 Å². The van der Waals surface area contributed by atoms with E-state index in [4.69, 9.17) is 9.47 Å². The van der Waals surface area contributed by atoms with Gasteiger partial charge in [-0.15, -0.1) is 0 Å². The van der Waals surface area contributed by atoms with Crippen molar-refractivity contribution in [1.29, 1.82) is 0 Å². The van der Waals surface area contributed by atoms with E-state index in [1.807, 2.05) is 12.2 Å². The minimum atomic E-state index is -4.93. The zero-order chi connectivity index (χ0) is 17.4. The first kappa shape index (κ1) is 16.7. The van der Waals surface area contributed by atoms with Crippen LogP contribution in [0.5, 0.6) is 11.5 Å². The Morgan fingerprint density at radius 1 is 1.29 bits per heavy atom. The molecule has 2 aliphatic rings. The quantitative estimate of drug-likeness (QED) is 0.891. The number of halogens is 3. The molecule has 1 atom stereocenters. The lowest BCUT2D eigenvalue weighted by molar-refractivity contribution is -0.318. The number of rotatable bonds is 2. The molecule has 0 aromatic heterocycles. The third-order valence-corrected chi connectivity index (χ3v) is 4.36. The average Bonchev–Trinajstić information content (AvgIpc) is 2.93. The highest BCUT2D eigenvalue weighted by Gasteiger charge is 2.66. The number of ether oxygens (including phenoxy) is 2. The van der Waals surface area contributed by atoms with E-state index in [1.165, 1.54) is 29.2 Å². The van der Waals surface area contributed by atoms with Crippen LogP contribution in [0.25, 0.3) is 0 Å². The van der Waals surface area contributed by atoms with E-state index in [0.29, 0.717) is 13.0 Å². The van der Waals surface area contributed by atoms with E-state index in [9.17, 15) is 18.0 Å². The summed E-state index contributed by atoms with van der Waals surface area (Å²) in [4.78, 5) is 13.9. The number of para-hydroxylation sites is 2. The van der Waals surface area contributed by atoms with E-state index < -0.39 is 18.1 Å². The SMILES string of the molecule is CCC1CCCCN1C(=O)NC1(C(F)(F)F)Oc2ccccc2O1. The van der Waals surface area contributed by atoms with Crippen LogP contribution in [0.1, 0.15) is 32.6 Å². The predicted molar refractivity (Wildman–Crippen MR) is 79.7 cm³/mol. The molecule has 1 saturated heterocycles. The summed E-state index contributed by atoms with van der Waals surface area (Å²) in [5, 5.41) is 1.93. The lowest BCUT2D eigenvalue weighted by atomic mass is 10.0. The van der Waals surface area contributed by atoms with Gasteiger partial charge >= 0.3 is 18.1 Å². The van der Waals surface area contributed by atoms with E-state index in [2.05, 4.69) is 0 Å². The lowest BCUT2D eigenvalue weighted by Gasteiger charge is -2.38. The van der Waals surface area contributed by atoms with E-state index in [-0.39, 0.29) is 17.5 Å². The van der Waals surface area contributed by atoms with Crippen molar-refractivity contribution >= 4 is 6.03 Å². The molecule has 1 unspecified atom stereocenters. The van der Waals surface area contributed by atoms with Crippen molar-refractivity contribution in [2.45, 2.75) is 50.7 Å². The Bertz CT molecular complexity index is 596. The maximum atomic E-state index is 13.6. The average molecular weight is 344 g/mol. The van der Waals surface area contributed by atoms with Crippen LogP contribution in [0.4, 0.5) is 18.0 Å². The van der Waals surface area contributed by atoms with Gasteiger partial charge < -0.3 is 14.4 Å². The molecule has 1 fully saturated rings. The smallest absolute Gasteiger partial charge is 0.424 e. The molecule has 0 bridgehead atoms. The molecule has 2 aliphatic heterocycles. The number of carbonyl (C=O) groups is 1. The molecule has 0 aliphatic carbocycles. The standard InChI is InChI=1S/C16H19F3N2O3/c1-2-11-7-5-6-10-21(11)14(22)20-16(15(17,18)19)23-12-8-3-4-9-13(12)24-16/h3-4,8-9,11H,2,5-7,10H2,1H3,(H,20,22). The summed E-state index contributed by atoms with van der Waals surface area (Å²) in [5.74, 6) is -3.30. The molecule has 1 aromatic carbocycles. The second kappa shape index (κ2) is 6.07. The molecule has 1 aromatic rings. The van der Waals surface area contributed by atoms with Crippen LogP contribution in [0, 0.1) is 0 Å². The Hall–Kier alpha value is -2.12. The van der Waals surface area contributed by atoms with Gasteiger partial charge in [-0.2, -0.15) is 13.2 Å². The molecule has 0 saturated carbocycles. The minimum Gasteiger partial charge on any atom is -0.424 e. The number of hydrogen-bond donors (Lipinski definition) is 1. The first-order valence-electron chi connectivity index (χ1n) is 7.99. The molecule has 5 nitrogen and oxygen atoms in total. The van der Waals surface area contributed by atoms with E-state index in [0.717, 1.165) is 19.3 Å². The molecule has 24 heavy (non-hydrogen) atoms. The van der Waals surface area contributed by atoms with Gasteiger partial charge in [0.2, 0.25) is 0 Å². The van der Waals surface area contributed by atoms with Crippen LogP contribution in [0.15, 0.2) is 24.3 Å². The third-order valence-electron chi connectivity index (χ3n) is 4.36. The van der Waals surface area contributed by atoms with E-state index in [1.54, 1.807) is 0 Å². The minimum absolute atomic E-state index is 0.0548. The maximum Gasteiger partial charge on any atom is 0.492 e. The number of benzene rings is 1. The van der Waals surface area contributed by atoms with Crippen molar-refractivity contribution < 1.29 is 27.4 Å². The van der Waals surface area contributed by atoms with Gasteiger partial charge in [0.1, 0.15) is 0 Å². The van der Waals surface area contributed by atoms with Gasteiger partial charge in [0, 0.05) is 12.6 Å².